The molecule has 0 aliphatic rings. The van der Waals surface area contributed by atoms with E-state index in [9.17, 15) is 0 Å². The number of aromatic amines is 1. The van der Waals surface area contributed by atoms with Crippen molar-refractivity contribution in [3.63, 3.8) is 0 Å². The molecule has 0 saturated carbocycles. The number of hydrogen-bond acceptors (Lipinski definition) is 5. The van der Waals surface area contributed by atoms with E-state index in [-0.39, 0.29) is 0 Å². The summed E-state index contributed by atoms with van der Waals surface area (Å²) < 4.78 is 13.7. The molecular weight excluding hydrogens is 467 g/mol. The van der Waals surface area contributed by atoms with Crippen molar-refractivity contribution < 1.29 is 9.47 Å². The van der Waals surface area contributed by atoms with Gasteiger partial charge in [0.2, 0.25) is 4.77 Å². The smallest absolute Gasteiger partial charge is 0.214 e. The standard InChI is InChI=1S/C20H21Cl3N4O2S/c1-3-4-19-25-26-20(30)27(19)24-10-13-8-17(28-2)18(9-15(13)22)29-11-12-5-6-14(21)16(23)7-12/h5-9,24H,3-4,10-11H2,1-2H3,(H,26,30). The summed E-state index contributed by atoms with van der Waals surface area (Å²) in [6, 6.07) is 8.91. The minimum atomic E-state index is 0.297. The molecule has 2 aromatic carbocycles. The fourth-order valence-corrected chi connectivity index (χ4v) is 3.58. The van der Waals surface area contributed by atoms with Gasteiger partial charge < -0.3 is 14.9 Å². The van der Waals surface area contributed by atoms with E-state index in [2.05, 4.69) is 22.5 Å². The summed E-state index contributed by atoms with van der Waals surface area (Å²) in [6.45, 7) is 2.82. The van der Waals surface area contributed by atoms with Crippen LogP contribution >= 0.6 is 47.0 Å². The third kappa shape index (κ3) is 5.40. The van der Waals surface area contributed by atoms with Gasteiger partial charge in [-0.25, -0.2) is 4.68 Å². The van der Waals surface area contributed by atoms with Crippen LogP contribution in [0, 0.1) is 4.77 Å². The Balaban J connectivity index is 1.74. The van der Waals surface area contributed by atoms with Crippen LogP contribution in [0.3, 0.4) is 0 Å². The molecule has 3 rings (SSSR count). The van der Waals surface area contributed by atoms with Crippen molar-refractivity contribution in [1.82, 2.24) is 14.9 Å². The first-order valence-electron chi connectivity index (χ1n) is 9.26. The number of methoxy groups -OCH3 is 1. The predicted molar refractivity (Wildman–Crippen MR) is 123 cm³/mol. The lowest BCUT2D eigenvalue weighted by Gasteiger charge is -2.15. The van der Waals surface area contributed by atoms with Crippen molar-refractivity contribution in [3.8, 4) is 11.5 Å². The number of H-pyrrole nitrogens is 1. The van der Waals surface area contributed by atoms with E-state index in [0.717, 1.165) is 29.8 Å². The highest BCUT2D eigenvalue weighted by Gasteiger charge is 2.13. The molecule has 0 atom stereocenters. The first kappa shape index (κ1) is 22.7. The van der Waals surface area contributed by atoms with Crippen LogP contribution < -0.4 is 14.9 Å². The van der Waals surface area contributed by atoms with Crippen molar-refractivity contribution >= 4 is 47.0 Å². The molecule has 0 bridgehead atoms. The number of halogens is 3. The first-order chi connectivity index (χ1) is 14.4. The lowest BCUT2D eigenvalue weighted by Crippen LogP contribution is -2.18. The summed E-state index contributed by atoms with van der Waals surface area (Å²) in [5.74, 6) is 1.94. The molecule has 160 valence electrons. The minimum Gasteiger partial charge on any atom is -0.493 e. The molecule has 0 fully saturated rings. The highest BCUT2D eigenvalue weighted by molar-refractivity contribution is 7.71. The van der Waals surface area contributed by atoms with Crippen LogP contribution in [0.15, 0.2) is 30.3 Å². The molecule has 0 spiro atoms. The Morgan fingerprint density at radius 2 is 1.90 bits per heavy atom. The van der Waals surface area contributed by atoms with E-state index in [1.165, 1.54) is 0 Å². The second-order valence-corrected chi connectivity index (χ2v) is 8.11. The van der Waals surface area contributed by atoms with E-state index >= 15 is 0 Å². The molecule has 2 N–H and O–H groups in total. The summed E-state index contributed by atoms with van der Waals surface area (Å²) in [5, 5.41) is 8.56. The number of benzene rings is 2. The molecule has 0 aliphatic heterocycles. The number of aromatic nitrogens is 3. The summed E-state index contributed by atoms with van der Waals surface area (Å²) in [5.41, 5.74) is 4.97. The van der Waals surface area contributed by atoms with Crippen LogP contribution in [0.2, 0.25) is 15.1 Å². The molecule has 0 saturated heterocycles. The van der Waals surface area contributed by atoms with Crippen LogP contribution in [0.5, 0.6) is 11.5 Å². The summed E-state index contributed by atoms with van der Waals surface area (Å²) in [6.07, 6.45) is 1.76. The molecule has 3 aromatic rings. The van der Waals surface area contributed by atoms with Gasteiger partial charge in [-0.05, 0) is 48.0 Å². The zero-order valence-electron chi connectivity index (χ0n) is 16.5. The summed E-state index contributed by atoms with van der Waals surface area (Å²) in [7, 11) is 1.58. The van der Waals surface area contributed by atoms with E-state index in [0.29, 0.717) is 44.5 Å². The average Bonchev–Trinajstić information content (AvgIpc) is 3.07. The van der Waals surface area contributed by atoms with Gasteiger partial charge in [-0.1, -0.05) is 47.8 Å². The second kappa shape index (κ2) is 10.4. The highest BCUT2D eigenvalue weighted by atomic mass is 35.5. The number of rotatable bonds is 9. The Morgan fingerprint density at radius 1 is 1.10 bits per heavy atom. The predicted octanol–water partition coefficient (Wildman–Crippen LogP) is 6.18. The Bertz CT molecular complexity index is 1080. The van der Waals surface area contributed by atoms with Crippen LogP contribution in [0.1, 0.15) is 30.3 Å². The van der Waals surface area contributed by atoms with Gasteiger partial charge in [0, 0.05) is 17.5 Å². The SMILES string of the molecule is CCCc1n[nH]c(=S)n1NCc1cc(OC)c(OCc2ccc(Cl)c(Cl)c2)cc1Cl. The van der Waals surface area contributed by atoms with Crippen molar-refractivity contribution in [1.29, 1.82) is 0 Å². The number of ether oxygens (including phenoxy) is 2. The summed E-state index contributed by atoms with van der Waals surface area (Å²) >= 11 is 23.8. The van der Waals surface area contributed by atoms with Crippen molar-refractivity contribution in [2.75, 3.05) is 12.5 Å². The topological polar surface area (TPSA) is 64.1 Å². The number of nitrogens with zero attached hydrogens (tertiary/aromatic N) is 2. The van der Waals surface area contributed by atoms with Gasteiger partial charge in [0.1, 0.15) is 6.61 Å². The monoisotopic (exact) mass is 486 g/mol. The normalized spacial score (nSPS) is 10.8. The molecule has 0 radical (unpaired) electrons. The van der Waals surface area contributed by atoms with Crippen molar-refractivity contribution in [2.24, 2.45) is 0 Å². The highest BCUT2D eigenvalue weighted by Crippen LogP contribution is 2.34. The molecule has 0 unspecified atom stereocenters. The zero-order valence-corrected chi connectivity index (χ0v) is 19.6. The van der Waals surface area contributed by atoms with Crippen LogP contribution in [0.25, 0.3) is 0 Å². The van der Waals surface area contributed by atoms with E-state index < -0.39 is 0 Å². The number of hydrogen-bond donors (Lipinski definition) is 2. The molecule has 1 aromatic heterocycles. The Morgan fingerprint density at radius 3 is 2.60 bits per heavy atom. The van der Waals surface area contributed by atoms with Gasteiger partial charge in [0.15, 0.2) is 17.3 Å². The van der Waals surface area contributed by atoms with Crippen LogP contribution in [-0.2, 0) is 19.6 Å². The van der Waals surface area contributed by atoms with E-state index in [4.69, 9.17) is 56.5 Å². The molecule has 30 heavy (non-hydrogen) atoms. The largest absolute Gasteiger partial charge is 0.493 e. The molecule has 1 heterocycles. The molecular formula is C20H21Cl3N4O2S. The van der Waals surface area contributed by atoms with Crippen LogP contribution in [0.4, 0.5) is 0 Å². The fourth-order valence-electron chi connectivity index (χ4n) is 2.82. The number of aryl methyl sites for hydroxylation is 1. The van der Waals surface area contributed by atoms with Gasteiger partial charge >= 0.3 is 0 Å². The van der Waals surface area contributed by atoms with Gasteiger partial charge in [0.25, 0.3) is 0 Å². The van der Waals surface area contributed by atoms with Crippen LogP contribution in [-0.4, -0.2) is 22.0 Å². The third-order valence-electron chi connectivity index (χ3n) is 4.35. The third-order valence-corrected chi connectivity index (χ3v) is 5.72. The van der Waals surface area contributed by atoms with Crippen molar-refractivity contribution in [3.05, 3.63) is 67.1 Å². The maximum Gasteiger partial charge on any atom is 0.214 e. The van der Waals surface area contributed by atoms with E-state index in [1.54, 1.807) is 30.0 Å². The quantitative estimate of drug-likeness (QED) is 0.353. The average molecular weight is 488 g/mol. The zero-order chi connectivity index (χ0) is 21.7. The van der Waals surface area contributed by atoms with Gasteiger partial charge in [-0.15, -0.1) is 0 Å². The number of nitrogens with one attached hydrogen (secondary N) is 2. The first-order valence-corrected chi connectivity index (χ1v) is 10.8. The van der Waals surface area contributed by atoms with Gasteiger partial charge in [-0.2, -0.15) is 5.10 Å². The van der Waals surface area contributed by atoms with E-state index in [1.807, 2.05) is 12.1 Å². The second-order valence-electron chi connectivity index (χ2n) is 6.50. The lowest BCUT2D eigenvalue weighted by atomic mass is 10.2. The Hall–Kier alpha value is -1.93. The molecule has 0 aliphatic carbocycles. The Labute approximate surface area is 195 Å². The molecule has 10 heteroatoms. The van der Waals surface area contributed by atoms with Gasteiger partial charge in [0.05, 0.1) is 23.7 Å². The summed E-state index contributed by atoms with van der Waals surface area (Å²) in [4.78, 5) is 0. The van der Waals surface area contributed by atoms with Gasteiger partial charge in [-0.3, -0.25) is 5.10 Å². The fraction of sp³-hybridized carbons (Fsp3) is 0.300. The van der Waals surface area contributed by atoms with Crippen molar-refractivity contribution in [2.45, 2.75) is 32.9 Å². The Kier molecular flexibility index (Phi) is 7.88. The maximum atomic E-state index is 6.49. The molecule has 0 amide bonds. The molecule has 6 nitrogen and oxygen atoms in total. The maximum absolute atomic E-state index is 6.49. The lowest BCUT2D eigenvalue weighted by molar-refractivity contribution is 0.284. The minimum absolute atomic E-state index is 0.297.